The lowest BCUT2D eigenvalue weighted by molar-refractivity contribution is -0.00249. The summed E-state index contributed by atoms with van der Waals surface area (Å²) in [7, 11) is 0. The zero-order valence-corrected chi connectivity index (χ0v) is 10.0. The van der Waals surface area contributed by atoms with Gasteiger partial charge in [-0.3, -0.25) is 0 Å². The molecule has 3 rings (SSSR count). The molecule has 0 aromatic heterocycles. The molecule has 3 atom stereocenters. The second-order valence-electron chi connectivity index (χ2n) is 5.02. The van der Waals surface area contributed by atoms with E-state index in [0.29, 0.717) is 5.56 Å². The lowest BCUT2D eigenvalue weighted by atomic mass is 9.89. The number of rotatable bonds is 1. The molecule has 1 heterocycles. The average Bonchev–Trinajstić information content (AvgIpc) is 2.63. The van der Waals surface area contributed by atoms with Crippen molar-refractivity contribution in [3.63, 3.8) is 0 Å². The van der Waals surface area contributed by atoms with Crippen LogP contribution in [0.1, 0.15) is 24.4 Å². The van der Waals surface area contributed by atoms with E-state index in [1.807, 2.05) is 0 Å². The normalized spacial score (nSPS) is 32.4. The van der Waals surface area contributed by atoms with E-state index in [-0.39, 0.29) is 12.4 Å². The highest BCUT2D eigenvalue weighted by molar-refractivity contribution is 5.72. The van der Waals surface area contributed by atoms with E-state index in [1.54, 1.807) is 18.2 Å². The van der Waals surface area contributed by atoms with Gasteiger partial charge in [0.15, 0.2) is 0 Å². The molecule has 0 radical (unpaired) electrons. The zero-order valence-electron chi connectivity index (χ0n) is 10.0. The van der Waals surface area contributed by atoms with Gasteiger partial charge in [0.2, 0.25) is 0 Å². The van der Waals surface area contributed by atoms with Gasteiger partial charge in [0.25, 0.3) is 11.9 Å². The summed E-state index contributed by atoms with van der Waals surface area (Å²) < 4.78 is 46.0. The minimum Gasteiger partial charge on any atom is -0.461 e. The van der Waals surface area contributed by atoms with Gasteiger partial charge in [-0.05, 0) is 6.07 Å². The Hall–Kier alpha value is -1.72. The summed E-state index contributed by atoms with van der Waals surface area (Å²) in [4.78, 5) is 4.02. The minimum absolute atomic E-state index is 0.146. The van der Waals surface area contributed by atoms with Crippen LogP contribution in [0, 0.1) is 11.7 Å². The summed E-state index contributed by atoms with van der Waals surface area (Å²) in [6, 6.07) is 5.20. The molecule has 1 aliphatic heterocycles. The topological polar surface area (TPSA) is 47.6 Å². The third-order valence-electron chi connectivity index (χ3n) is 3.68. The molecular formula is C13H13F3N2O. The summed E-state index contributed by atoms with van der Waals surface area (Å²) in [6.45, 7) is 0. The molecule has 0 amide bonds. The van der Waals surface area contributed by atoms with Crippen LogP contribution >= 0.6 is 0 Å². The predicted octanol–water partition coefficient (Wildman–Crippen LogP) is 2.63. The standard InChI is InChI=1S/C13H13F3N2O/c14-9-4-2-1-3-7(9)11-8-5-13(15,16)6-10(8)19-12(17)18-11/h1-4,8,10-11H,5-6H2,(H2,17,18)/t8-,10+,11+/m0/s1. The molecule has 19 heavy (non-hydrogen) atoms. The van der Waals surface area contributed by atoms with Crippen molar-refractivity contribution in [2.75, 3.05) is 0 Å². The first-order chi connectivity index (χ1) is 8.96. The van der Waals surface area contributed by atoms with Gasteiger partial charge in [-0.25, -0.2) is 18.2 Å². The molecule has 6 heteroatoms. The van der Waals surface area contributed by atoms with Crippen LogP contribution in [0.4, 0.5) is 13.2 Å². The van der Waals surface area contributed by atoms with Gasteiger partial charge in [0, 0.05) is 24.3 Å². The average molecular weight is 270 g/mol. The van der Waals surface area contributed by atoms with E-state index in [2.05, 4.69) is 4.99 Å². The highest BCUT2D eigenvalue weighted by atomic mass is 19.3. The number of alkyl halides is 2. The fourth-order valence-corrected chi connectivity index (χ4v) is 2.88. The largest absolute Gasteiger partial charge is 0.461 e. The Morgan fingerprint density at radius 3 is 2.74 bits per heavy atom. The molecule has 1 aromatic rings. The van der Waals surface area contributed by atoms with Crippen molar-refractivity contribution in [1.82, 2.24) is 0 Å². The summed E-state index contributed by atoms with van der Waals surface area (Å²) in [5, 5.41) is 0. The summed E-state index contributed by atoms with van der Waals surface area (Å²) in [6.07, 6.45) is -1.44. The number of aliphatic imine (C=N–C) groups is 1. The van der Waals surface area contributed by atoms with Crippen molar-refractivity contribution < 1.29 is 17.9 Å². The second-order valence-corrected chi connectivity index (χ2v) is 5.02. The molecule has 0 spiro atoms. The highest BCUT2D eigenvalue weighted by Gasteiger charge is 2.53. The number of nitrogens with two attached hydrogens (primary N) is 1. The van der Waals surface area contributed by atoms with Gasteiger partial charge in [0.1, 0.15) is 11.9 Å². The second kappa shape index (κ2) is 4.15. The molecular weight excluding hydrogens is 257 g/mol. The maximum atomic E-state index is 13.8. The van der Waals surface area contributed by atoms with Gasteiger partial charge in [-0.15, -0.1) is 0 Å². The Balaban J connectivity index is 2.00. The number of hydrogen-bond acceptors (Lipinski definition) is 3. The monoisotopic (exact) mass is 270 g/mol. The summed E-state index contributed by atoms with van der Waals surface area (Å²) >= 11 is 0. The van der Waals surface area contributed by atoms with Gasteiger partial charge in [-0.2, -0.15) is 0 Å². The number of ether oxygens (including phenoxy) is 1. The minimum atomic E-state index is -2.81. The van der Waals surface area contributed by atoms with Crippen LogP contribution in [-0.2, 0) is 4.74 Å². The Kier molecular flexibility index (Phi) is 2.69. The first-order valence-electron chi connectivity index (χ1n) is 6.08. The Morgan fingerprint density at radius 2 is 2.00 bits per heavy atom. The van der Waals surface area contributed by atoms with Crippen LogP contribution < -0.4 is 5.73 Å². The first-order valence-corrected chi connectivity index (χ1v) is 6.08. The van der Waals surface area contributed by atoms with Crippen LogP contribution in [0.5, 0.6) is 0 Å². The fourth-order valence-electron chi connectivity index (χ4n) is 2.88. The molecule has 2 N–H and O–H groups in total. The van der Waals surface area contributed by atoms with Crippen molar-refractivity contribution in [3.8, 4) is 0 Å². The van der Waals surface area contributed by atoms with E-state index >= 15 is 0 Å². The van der Waals surface area contributed by atoms with Crippen LogP contribution in [0.3, 0.4) is 0 Å². The smallest absolute Gasteiger partial charge is 0.282 e. The van der Waals surface area contributed by atoms with Gasteiger partial charge < -0.3 is 10.5 Å². The third-order valence-corrected chi connectivity index (χ3v) is 3.68. The van der Waals surface area contributed by atoms with Gasteiger partial charge in [0.05, 0.1) is 6.04 Å². The lowest BCUT2D eigenvalue weighted by Crippen LogP contribution is -2.35. The third kappa shape index (κ3) is 2.15. The molecule has 1 aliphatic carbocycles. The maximum absolute atomic E-state index is 13.8. The Labute approximate surface area is 108 Å². The molecule has 0 unspecified atom stereocenters. The van der Waals surface area contributed by atoms with Crippen LogP contribution in [-0.4, -0.2) is 18.0 Å². The highest BCUT2D eigenvalue weighted by Crippen LogP contribution is 2.49. The molecule has 102 valence electrons. The summed E-state index contributed by atoms with van der Waals surface area (Å²) in [5.74, 6) is -3.81. The number of nitrogens with zero attached hydrogens (tertiary/aromatic N) is 1. The quantitative estimate of drug-likeness (QED) is 0.852. The van der Waals surface area contributed by atoms with Gasteiger partial charge >= 0.3 is 0 Å². The van der Waals surface area contributed by atoms with Crippen molar-refractivity contribution >= 4 is 6.02 Å². The lowest BCUT2D eigenvalue weighted by Gasteiger charge is -2.30. The molecule has 1 fully saturated rings. The van der Waals surface area contributed by atoms with Crippen molar-refractivity contribution in [2.45, 2.75) is 30.9 Å². The molecule has 2 aliphatic rings. The van der Waals surface area contributed by atoms with Crippen LogP contribution in [0.15, 0.2) is 29.3 Å². The molecule has 3 nitrogen and oxygen atoms in total. The number of benzene rings is 1. The summed E-state index contributed by atoms with van der Waals surface area (Å²) in [5.41, 5.74) is 5.81. The van der Waals surface area contributed by atoms with Gasteiger partial charge in [-0.1, -0.05) is 18.2 Å². The zero-order chi connectivity index (χ0) is 13.6. The predicted molar refractivity (Wildman–Crippen MR) is 63.3 cm³/mol. The Morgan fingerprint density at radius 1 is 1.26 bits per heavy atom. The molecule has 1 saturated carbocycles. The van der Waals surface area contributed by atoms with Crippen LogP contribution in [0.25, 0.3) is 0 Å². The molecule has 0 saturated heterocycles. The van der Waals surface area contributed by atoms with Crippen LogP contribution in [0.2, 0.25) is 0 Å². The van der Waals surface area contributed by atoms with E-state index in [0.717, 1.165) is 0 Å². The van der Waals surface area contributed by atoms with E-state index in [1.165, 1.54) is 6.07 Å². The number of halogens is 3. The number of fused-ring (bicyclic) bond motifs is 1. The molecule has 0 bridgehead atoms. The Bertz CT molecular complexity index is 532. The van der Waals surface area contributed by atoms with Crippen molar-refractivity contribution in [3.05, 3.63) is 35.6 Å². The fraction of sp³-hybridized carbons (Fsp3) is 0.462. The maximum Gasteiger partial charge on any atom is 0.282 e. The first kappa shape index (κ1) is 12.3. The van der Waals surface area contributed by atoms with Crippen molar-refractivity contribution in [2.24, 2.45) is 16.6 Å². The molecule has 1 aromatic carbocycles. The van der Waals surface area contributed by atoms with E-state index in [9.17, 15) is 13.2 Å². The number of hydrogen-bond donors (Lipinski definition) is 1. The van der Waals surface area contributed by atoms with E-state index < -0.39 is 36.2 Å². The number of amidine groups is 1. The SMILES string of the molecule is NC1=N[C@H](c2ccccc2F)[C@H]2CC(F)(F)C[C@H]2O1. The van der Waals surface area contributed by atoms with Crippen molar-refractivity contribution in [1.29, 1.82) is 0 Å². The van der Waals surface area contributed by atoms with E-state index in [4.69, 9.17) is 10.5 Å².